The van der Waals surface area contributed by atoms with Crippen LogP contribution in [0.3, 0.4) is 0 Å². The van der Waals surface area contributed by atoms with Crippen molar-refractivity contribution in [3.8, 4) is 0 Å². The van der Waals surface area contributed by atoms with Crippen LogP contribution in [-0.2, 0) is 9.53 Å². The molecule has 142 valence electrons. The van der Waals surface area contributed by atoms with Gasteiger partial charge < -0.3 is 20.3 Å². The standard InChI is InChI=1S/C19H19F2N3O3/c20-15-6-5-13(11-16(15)21)23-18(25)12-22-17-4-2-1-3-14(17)19(26)24-7-9-27-10-8-24/h1-6,11,22H,7-10,12H2,(H,23,25). The van der Waals surface area contributed by atoms with E-state index >= 15 is 0 Å². The second-order valence-electron chi connectivity index (χ2n) is 5.98. The smallest absolute Gasteiger partial charge is 0.256 e. The number of carbonyl (C=O) groups excluding carboxylic acids is 2. The number of hydrogen-bond acceptors (Lipinski definition) is 4. The van der Waals surface area contributed by atoms with Crippen LogP contribution in [0.2, 0.25) is 0 Å². The van der Waals surface area contributed by atoms with Gasteiger partial charge in [-0.2, -0.15) is 0 Å². The summed E-state index contributed by atoms with van der Waals surface area (Å²) < 4.78 is 31.4. The lowest BCUT2D eigenvalue weighted by Gasteiger charge is -2.27. The highest BCUT2D eigenvalue weighted by Gasteiger charge is 2.21. The van der Waals surface area contributed by atoms with E-state index in [0.717, 1.165) is 12.1 Å². The van der Waals surface area contributed by atoms with Gasteiger partial charge in [0, 0.05) is 30.5 Å². The molecule has 2 N–H and O–H groups in total. The van der Waals surface area contributed by atoms with Gasteiger partial charge in [0.15, 0.2) is 11.6 Å². The molecule has 0 radical (unpaired) electrons. The SMILES string of the molecule is O=C(CNc1ccccc1C(=O)N1CCOCC1)Nc1ccc(F)c(F)c1. The van der Waals surface area contributed by atoms with Crippen LogP contribution in [0.25, 0.3) is 0 Å². The van der Waals surface area contributed by atoms with Crippen LogP contribution < -0.4 is 10.6 Å². The molecular formula is C19H19F2N3O3. The van der Waals surface area contributed by atoms with Crippen LogP contribution >= 0.6 is 0 Å². The molecule has 27 heavy (non-hydrogen) atoms. The van der Waals surface area contributed by atoms with Crippen molar-refractivity contribution in [3.63, 3.8) is 0 Å². The molecule has 8 heteroatoms. The van der Waals surface area contributed by atoms with Gasteiger partial charge in [-0.15, -0.1) is 0 Å². The highest BCUT2D eigenvalue weighted by atomic mass is 19.2. The third-order valence-corrected chi connectivity index (χ3v) is 4.10. The summed E-state index contributed by atoms with van der Waals surface area (Å²) in [6, 6.07) is 10.0. The zero-order valence-electron chi connectivity index (χ0n) is 14.5. The van der Waals surface area contributed by atoms with E-state index in [0.29, 0.717) is 37.6 Å². The average molecular weight is 375 g/mol. The lowest BCUT2D eigenvalue weighted by molar-refractivity contribution is -0.114. The number of carbonyl (C=O) groups is 2. The summed E-state index contributed by atoms with van der Waals surface area (Å²) in [5, 5.41) is 5.39. The number of amides is 2. The highest BCUT2D eigenvalue weighted by Crippen LogP contribution is 2.18. The maximum atomic E-state index is 13.2. The Morgan fingerprint density at radius 3 is 2.52 bits per heavy atom. The molecule has 0 aliphatic carbocycles. The summed E-state index contributed by atoms with van der Waals surface area (Å²) in [5.74, 6) is -2.61. The number of ether oxygens (including phenoxy) is 1. The first-order chi connectivity index (χ1) is 13.0. The molecule has 6 nitrogen and oxygen atoms in total. The summed E-state index contributed by atoms with van der Waals surface area (Å²) >= 11 is 0. The van der Waals surface area contributed by atoms with E-state index in [2.05, 4.69) is 10.6 Å². The highest BCUT2D eigenvalue weighted by molar-refractivity contribution is 6.01. The zero-order chi connectivity index (χ0) is 19.2. The van der Waals surface area contributed by atoms with E-state index in [1.54, 1.807) is 29.2 Å². The third kappa shape index (κ3) is 4.79. The summed E-state index contributed by atoms with van der Waals surface area (Å²) in [6.45, 7) is 1.90. The second kappa shape index (κ2) is 8.59. The minimum absolute atomic E-state index is 0.133. The second-order valence-corrected chi connectivity index (χ2v) is 5.98. The largest absolute Gasteiger partial charge is 0.378 e. The van der Waals surface area contributed by atoms with Gasteiger partial charge >= 0.3 is 0 Å². The van der Waals surface area contributed by atoms with Crippen LogP contribution in [0.15, 0.2) is 42.5 Å². The molecule has 2 aromatic carbocycles. The number of rotatable bonds is 5. The first kappa shape index (κ1) is 18.8. The summed E-state index contributed by atoms with van der Waals surface area (Å²) in [6.07, 6.45) is 0. The Morgan fingerprint density at radius 2 is 1.78 bits per heavy atom. The van der Waals surface area contributed by atoms with Crippen molar-refractivity contribution < 1.29 is 23.1 Å². The topological polar surface area (TPSA) is 70.7 Å². The van der Waals surface area contributed by atoms with Crippen molar-refractivity contribution in [1.29, 1.82) is 0 Å². The van der Waals surface area contributed by atoms with Gasteiger partial charge in [0.1, 0.15) is 0 Å². The van der Waals surface area contributed by atoms with E-state index in [1.807, 2.05) is 0 Å². The number of nitrogens with one attached hydrogen (secondary N) is 2. The molecule has 1 fully saturated rings. The van der Waals surface area contributed by atoms with E-state index in [4.69, 9.17) is 4.74 Å². The number of benzene rings is 2. The Labute approximate surface area is 155 Å². The molecule has 0 atom stereocenters. The fraction of sp³-hybridized carbons (Fsp3) is 0.263. The van der Waals surface area contributed by atoms with Crippen LogP contribution in [0.1, 0.15) is 10.4 Å². The fourth-order valence-electron chi connectivity index (χ4n) is 2.72. The normalized spacial score (nSPS) is 13.9. The Hall–Kier alpha value is -3.00. The van der Waals surface area contributed by atoms with Gasteiger partial charge in [-0.25, -0.2) is 8.78 Å². The number of nitrogens with zero attached hydrogens (tertiary/aromatic N) is 1. The molecule has 2 amide bonds. The first-order valence-corrected chi connectivity index (χ1v) is 8.49. The van der Waals surface area contributed by atoms with Gasteiger partial charge in [0.2, 0.25) is 5.91 Å². The quantitative estimate of drug-likeness (QED) is 0.842. The van der Waals surface area contributed by atoms with Crippen molar-refractivity contribution in [2.45, 2.75) is 0 Å². The Kier molecular flexibility index (Phi) is 5.97. The van der Waals surface area contributed by atoms with Gasteiger partial charge in [-0.3, -0.25) is 9.59 Å². The lowest BCUT2D eigenvalue weighted by atomic mass is 10.1. The summed E-state index contributed by atoms with van der Waals surface area (Å²) in [7, 11) is 0. The lowest BCUT2D eigenvalue weighted by Crippen LogP contribution is -2.41. The average Bonchev–Trinajstić information content (AvgIpc) is 2.69. The molecule has 3 rings (SSSR count). The molecule has 1 aliphatic rings. The predicted octanol–water partition coefficient (Wildman–Crippen LogP) is 2.49. The number of halogens is 2. The summed E-state index contributed by atoms with van der Waals surface area (Å²) in [5.41, 5.74) is 1.13. The molecule has 0 spiro atoms. The van der Waals surface area contributed by atoms with E-state index < -0.39 is 17.5 Å². The van der Waals surface area contributed by atoms with Crippen LogP contribution in [0, 0.1) is 11.6 Å². The van der Waals surface area contributed by atoms with Crippen molar-refractivity contribution in [2.24, 2.45) is 0 Å². The Bertz CT molecular complexity index is 839. The molecular weight excluding hydrogens is 356 g/mol. The van der Waals surface area contributed by atoms with Gasteiger partial charge in [-0.1, -0.05) is 12.1 Å². The van der Waals surface area contributed by atoms with E-state index in [9.17, 15) is 18.4 Å². The van der Waals surface area contributed by atoms with Crippen LogP contribution in [-0.4, -0.2) is 49.6 Å². The van der Waals surface area contributed by atoms with E-state index in [-0.39, 0.29) is 18.1 Å². The monoisotopic (exact) mass is 375 g/mol. The third-order valence-electron chi connectivity index (χ3n) is 4.10. The van der Waals surface area contributed by atoms with Crippen LogP contribution in [0.5, 0.6) is 0 Å². The van der Waals surface area contributed by atoms with Crippen molar-refractivity contribution in [1.82, 2.24) is 4.90 Å². The van der Waals surface area contributed by atoms with Crippen molar-refractivity contribution in [2.75, 3.05) is 43.5 Å². The summed E-state index contributed by atoms with van der Waals surface area (Å²) in [4.78, 5) is 26.4. The molecule has 0 aromatic heterocycles. The Balaban J connectivity index is 1.62. The van der Waals surface area contributed by atoms with E-state index in [1.165, 1.54) is 6.07 Å². The number of hydrogen-bond donors (Lipinski definition) is 2. The maximum Gasteiger partial charge on any atom is 0.256 e. The molecule has 1 saturated heterocycles. The number of morpholine rings is 1. The minimum Gasteiger partial charge on any atom is -0.378 e. The van der Waals surface area contributed by atoms with Gasteiger partial charge in [-0.05, 0) is 24.3 Å². The number of anilines is 2. The van der Waals surface area contributed by atoms with Crippen molar-refractivity contribution in [3.05, 3.63) is 59.7 Å². The molecule has 0 bridgehead atoms. The molecule has 0 unspecified atom stereocenters. The fourth-order valence-corrected chi connectivity index (χ4v) is 2.72. The van der Waals surface area contributed by atoms with Crippen LogP contribution in [0.4, 0.5) is 20.2 Å². The minimum atomic E-state index is -1.04. The Morgan fingerprint density at radius 1 is 1.04 bits per heavy atom. The number of para-hydroxylation sites is 1. The predicted molar refractivity (Wildman–Crippen MR) is 96.6 cm³/mol. The van der Waals surface area contributed by atoms with Crippen molar-refractivity contribution >= 4 is 23.2 Å². The zero-order valence-corrected chi connectivity index (χ0v) is 14.5. The first-order valence-electron chi connectivity index (χ1n) is 8.49. The maximum absolute atomic E-state index is 13.2. The molecule has 0 saturated carbocycles. The molecule has 1 heterocycles. The molecule has 1 aliphatic heterocycles. The van der Waals surface area contributed by atoms with Gasteiger partial charge in [0.25, 0.3) is 5.91 Å². The molecule has 2 aromatic rings. The van der Waals surface area contributed by atoms with Gasteiger partial charge in [0.05, 0.1) is 25.3 Å².